The molecule has 3 amide bonds. The van der Waals surface area contributed by atoms with E-state index in [0.717, 1.165) is 5.01 Å². The SMILES string of the molecule is C[C@@H](C(=O)NC(N)=O)N1CCO[C@@H](c2nccs2)C1. The third-order valence-corrected chi connectivity index (χ3v) is 3.87. The molecule has 19 heavy (non-hydrogen) atoms. The summed E-state index contributed by atoms with van der Waals surface area (Å²) in [5.74, 6) is -0.396. The Bertz CT molecular complexity index is 451. The highest BCUT2D eigenvalue weighted by Gasteiger charge is 2.30. The maximum atomic E-state index is 11.7. The van der Waals surface area contributed by atoms with Gasteiger partial charge in [0.1, 0.15) is 11.1 Å². The average Bonchev–Trinajstić information content (AvgIpc) is 2.91. The first kappa shape index (κ1) is 13.9. The molecule has 0 radical (unpaired) electrons. The maximum Gasteiger partial charge on any atom is 0.318 e. The van der Waals surface area contributed by atoms with Crippen LogP contribution in [0, 0.1) is 0 Å². The number of rotatable bonds is 3. The van der Waals surface area contributed by atoms with Crippen LogP contribution in [0.1, 0.15) is 18.0 Å². The molecule has 1 aliphatic heterocycles. The summed E-state index contributed by atoms with van der Waals surface area (Å²) in [6.07, 6.45) is 1.60. The molecule has 8 heteroatoms. The van der Waals surface area contributed by atoms with Crippen molar-refractivity contribution in [3.05, 3.63) is 16.6 Å². The number of ether oxygens (including phenoxy) is 1. The molecule has 1 aromatic rings. The van der Waals surface area contributed by atoms with E-state index in [1.54, 1.807) is 13.1 Å². The van der Waals surface area contributed by atoms with Crippen molar-refractivity contribution in [1.29, 1.82) is 0 Å². The number of hydrogen-bond acceptors (Lipinski definition) is 6. The van der Waals surface area contributed by atoms with Crippen molar-refractivity contribution in [3.8, 4) is 0 Å². The first-order valence-corrected chi connectivity index (χ1v) is 6.81. The fraction of sp³-hybridized carbons (Fsp3) is 0.545. The molecule has 3 N–H and O–H groups in total. The lowest BCUT2D eigenvalue weighted by molar-refractivity contribution is -0.128. The van der Waals surface area contributed by atoms with E-state index in [2.05, 4.69) is 10.3 Å². The predicted octanol–water partition coefficient (Wildman–Crippen LogP) is 0.0998. The normalized spacial score (nSPS) is 21.8. The molecule has 0 bridgehead atoms. The van der Waals surface area contributed by atoms with Crippen LogP contribution in [-0.2, 0) is 9.53 Å². The first-order valence-electron chi connectivity index (χ1n) is 5.93. The zero-order valence-electron chi connectivity index (χ0n) is 10.5. The lowest BCUT2D eigenvalue weighted by Crippen LogP contribution is -2.52. The number of carbonyl (C=O) groups excluding carboxylic acids is 2. The molecule has 1 fully saturated rings. The number of carbonyl (C=O) groups is 2. The summed E-state index contributed by atoms with van der Waals surface area (Å²) in [6, 6.07) is -1.26. The summed E-state index contributed by atoms with van der Waals surface area (Å²) < 4.78 is 5.65. The van der Waals surface area contributed by atoms with E-state index in [1.165, 1.54) is 11.3 Å². The first-order chi connectivity index (χ1) is 9.08. The molecule has 0 aromatic carbocycles. The van der Waals surface area contributed by atoms with E-state index in [4.69, 9.17) is 10.5 Å². The number of amides is 3. The lowest BCUT2D eigenvalue weighted by Gasteiger charge is -2.35. The van der Waals surface area contributed by atoms with Gasteiger partial charge in [0.2, 0.25) is 5.91 Å². The van der Waals surface area contributed by atoms with E-state index in [9.17, 15) is 9.59 Å². The minimum atomic E-state index is -0.832. The number of hydrogen-bond donors (Lipinski definition) is 2. The fourth-order valence-electron chi connectivity index (χ4n) is 1.96. The van der Waals surface area contributed by atoms with Crippen LogP contribution in [0.25, 0.3) is 0 Å². The Morgan fingerprint density at radius 3 is 3.11 bits per heavy atom. The number of morpholine rings is 1. The van der Waals surface area contributed by atoms with Crippen LogP contribution in [0.5, 0.6) is 0 Å². The summed E-state index contributed by atoms with van der Waals surface area (Å²) in [6.45, 7) is 3.47. The zero-order chi connectivity index (χ0) is 13.8. The lowest BCUT2D eigenvalue weighted by atomic mass is 10.2. The van der Waals surface area contributed by atoms with Crippen molar-refractivity contribution >= 4 is 23.3 Å². The van der Waals surface area contributed by atoms with Gasteiger partial charge in [-0.15, -0.1) is 11.3 Å². The quantitative estimate of drug-likeness (QED) is 0.820. The third kappa shape index (κ3) is 3.49. The molecule has 2 rings (SSSR count). The summed E-state index contributed by atoms with van der Waals surface area (Å²) in [5, 5.41) is 4.88. The number of nitrogens with zero attached hydrogens (tertiary/aromatic N) is 2. The van der Waals surface area contributed by atoms with Crippen LogP contribution in [0.4, 0.5) is 4.79 Å². The van der Waals surface area contributed by atoms with Crippen molar-refractivity contribution in [2.75, 3.05) is 19.7 Å². The van der Waals surface area contributed by atoms with Gasteiger partial charge in [0.05, 0.1) is 12.6 Å². The summed E-state index contributed by atoms with van der Waals surface area (Å²) in [7, 11) is 0. The monoisotopic (exact) mass is 284 g/mol. The van der Waals surface area contributed by atoms with Crippen LogP contribution < -0.4 is 11.1 Å². The summed E-state index contributed by atoms with van der Waals surface area (Å²) in [4.78, 5) is 28.6. The molecular formula is C11H16N4O3S. The van der Waals surface area contributed by atoms with Crippen LogP contribution in [0.2, 0.25) is 0 Å². The Morgan fingerprint density at radius 2 is 2.47 bits per heavy atom. The Morgan fingerprint density at radius 1 is 1.68 bits per heavy atom. The van der Waals surface area contributed by atoms with Gasteiger partial charge in [0.15, 0.2) is 0 Å². The van der Waals surface area contributed by atoms with Crippen molar-refractivity contribution in [1.82, 2.24) is 15.2 Å². The van der Waals surface area contributed by atoms with Crippen molar-refractivity contribution < 1.29 is 14.3 Å². The molecule has 2 atom stereocenters. The van der Waals surface area contributed by atoms with Crippen LogP contribution in [-0.4, -0.2) is 47.6 Å². The average molecular weight is 284 g/mol. The largest absolute Gasteiger partial charge is 0.368 e. The van der Waals surface area contributed by atoms with Gasteiger partial charge in [-0.05, 0) is 6.92 Å². The standard InChI is InChI=1S/C11H16N4O3S/c1-7(9(16)14-11(12)17)15-3-4-18-8(6-15)10-13-2-5-19-10/h2,5,7-8H,3-4,6H2,1H3,(H3,12,14,16,17)/t7-,8+/m0/s1. The number of imide groups is 1. The van der Waals surface area contributed by atoms with Gasteiger partial charge >= 0.3 is 6.03 Å². The zero-order valence-corrected chi connectivity index (χ0v) is 11.4. The van der Waals surface area contributed by atoms with E-state index in [1.807, 2.05) is 10.3 Å². The highest BCUT2D eigenvalue weighted by atomic mass is 32.1. The smallest absolute Gasteiger partial charge is 0.318 e. The van der Waals surface area contributed by atoms with Crippen molar-refractivity contribution in [3.63, 3.8) is 0 Å². The van der Waals surface area contributed by atoms with E-state index in [-0.39, 0.29) is 6.10 Å². The van der Waals surface area contributed by atoms with Gasteiger partial charge < -0.3 is 10.5 Å². The van der Waals surface area contributed by atoms with Crippen LogP contribution in [0.15, 0.2) is 11.6 Å². The maximum absolute atomic E-state index is 11.7. The second kappa shape index (κ2) is 6.09. The highest BCUT2D eigenvalue weighted by molar-refractivity contribution is 7.09. The van der Waals surface area contributed by atoms with Gasteiger partial charge in [0, 0.05) is 24.7 Å². The summed E-state index contributed by atoms with van der Waals surface area (Å²) >= 11 is 1.52. The van der Waals surface area contributed by atoms with Gasteiger partial charge in [-0.1, -0.05) is 0 Å². The highest BCUT2D eigenvalue weighted by Crippen LogP contribution is 2.24. The molecule has 0 unspecified atom stereocenters. The fourth-order valence-corrected chi connectivity index (χ4v) is 2.63. The predicted molar refractivity (Wildman–Crippen MR) is 69.6 cm³/mol. The second-order valence-electron chi connectivity index (χ2n) is 4.25. The molecule has 1 saturated heterocycles. The van der Waals surface area contributed by atoms with Gasteiger partial charge in [-0.3, -0.25) is 15.0 Å². The van der Waals surface area contributed by atoms with Crippen LogP contribution >= 0.6 is 11.3 Å². The minimum absolute atomic E-state index is 0.127. The molecule has 1 aromatic heterocycles. The van der Waals surface area contributed by atoms with Crippen molar-refractivity contribution in [2.45, 2.75) is 19.1 Å². The number of nitrogens with one attached hydrogen (secondary N) is 1. The summed E-state index contributed by atoms with van der Waals surface area (Å²) in [5.41, 5.74) is 4.94. The van der Waals surface area contributed by atoms with Gasteiger partial charge in [-0.25, -0.2) is 9.78 Å². The van der Waals surface area contributed by atoms with E-state index < -0.39 is 18.0 Å². The van der Waals surface area contributed by atoms with Crippen LogP contribution in [0.3, 0.4) is 0 Å². The Balaban J connectivity index is 1.97. The molecule has 1 aliphatic rings. The topological polar surface area (TPSA) is 97.5 Å². The molecular weight excluding hydrogens is 268 g/mol. The van der Waals surface area contributed by atoms with Gasteiger partial charge in [0.25, 0.3) is 0 Å². The molecule has 7 nitrogen and oxygen atoms in total. The number of nitrogens with two attached hydrogens (primary N) is 1. The third-order valence-electron chi connectivity index (χ3n) is 3.00. The molecule has 0 spiro atoms. The van der Waals surface area contributed by atoms with E-state index >= 15 is 0 Å². The van der Waals surface area contributed by atoms with Crippen molar-refractivity contribution in [2.24, 2.45) is 5.73 Å². The molecule has 0 aliphatic carbocycles. The number of urea groups is 1. The number of primary amides is 1. The Kier molecular flexibility index (Phi) is 4.46. The molecule has 0 saturated carbocycles. The Hall–Kier alpha value is -1.51. The number of thiazole rings is 1. The number of aromatic nitrogens is 1. The molecule has 2 heterocycles. The van der Waals surface area contributed by atoms with E-state index in [0.29, 0.717) is 19.7 Å². The minimum Gasteiger partial charge on any atom is -0.368 e. The Labute approximate surface area is 114 Å². The molecule has 104 valence electrons. The second-order valence-corrected chi connectivity index (χ2v) is 5.18. The van der Waals surface area contributed by atoms with Gasteiger partial charge in [-0.2, -0.15) is 0 Å².